The predicted octanol–water partition coefficient (Wildman–Crippen LogP) is 34.7. The summed E-state index contributed by atoms with van der Waals surface area (Å²) in [6.45, 7) is 0. The third-order valence-electron chi connectivity index (χ3n) is 25.3. The summed E-state index contributed by atoms with van der Waals surface area (Å²) in [7, 11) is 0. The van der Waals surface area contributed by atoms with Crippen molar-refractivity contribution in [1.29, 1.82) is 0 Å². The summed E-state index contributed by atoms with van der Waals surface area (Å²) in [6.07, 6.45) is 0. The largest absolute Gasteiger partial charge is 0.306 e. The van der Waals surface area contributed by atoms with E-state index in [0.29, 0.717) is 17.7 Å². The zero-order valence-electron chi connectivity index (χ0n) is 72.1. The Morgan fingerprint density at radius 2 is 0.356 bits per heavy atom. The lowest BCUT2D eigenvalue weighted by molar-refractivity contribution is 1.00. The fourth-order valence-electron chi connectivity index (χ4n) is 19.0. The lowest BCUT2D eigenvalue weighted by Crippen LogP contribution is -2.04. The summed E-state index contributed by atoms with van der Waals surface area (Å²) < 4.78 is 22.7. The van der Waals surface area contributed by atoms with Gasteiger partial charge >= 0.3 is 0 Å². The molecule has 9 nitrogen and oxygen atoms in total. The highest BCUT2D eigenvalue weighted by Crippen LogP contribution is 2.53. The van der Waals surface area contributed by atoms with Gasteiger partial charge in [0.25, 0.3) is 0 Å². The maximum atomic E-state index is 5.34. The van der Waals surface area contributed by atoms with Crippen molar-refractivity contribution < 1.29 is 0 Å². The third kappa shape index (κ3) is 14.2. The molecule has 28 rings (SSSR count). The van der Waals surface area contributed by atoms with Crippen LogP contribution in [0.25, 0.3) is 252 Å². The van der Waals surface area contributed by atoms with E-state index in [4.69, 9.17) is 29.9 Å². The smallest absolute Gasteiger partial charge is 0.235 e. The molecule has 0 aliphatic heterocycles. The molecule has 634 valence electrons. The molecule has 0 bridgehead atoms. The van der Waals surface area contributed by atoms with E-state index < -0.39 is 0 Å². The first-order valence-corrected chi connectivity index (χ1v) is 49.7. The summed E-state index contributed by atoms with van der Waals surface area (Å²) in [6, 6.07) is 156. The molecule has 0 spiro atoms. The molecule has 0 saturated carbocycles. The van der Waals surface area contributed by atoms with Crippen molar-refractivity contribution in [2.75, 3.05) is 0 Å². The average molecular weight is 1830 g/mol. The zero-order valence-corrected chi connectivity index (χ0v) is 77.0. The van der Waals surface area contributed by atoms with Crippen LogP contribution in [0.1, 0.15) is 0 Å². The summed E-state index contributed by atoms with van der Waals surface area (Å²) in [5.41, 5.74) is 28.3. The molecule has 12 aromatic heterocycles. The fourth-order valence-corrected chi connectivity index (χ4v) is 26.5. The molecule has 28 aromatic rings. The van der Waals surface area contributed by atoms with E-state index in [1.807, 2.05) is 98.4 Å². The Kier molecular flexibility index (Phi) is 19.9. The molecule has 0 unspecified atom stereocenters. The van der Waals surface area contributed by atoms with E-state index in [-0.39, 0.29) is 0 Å². The highest BCUT2D eigenvalue weighted by atomic mass is 32.1. The van der Waals surface area contributed by atoms with Gasteiger partial charge in [0.1, 0.15) is 0 Å². The van der Waals surface area contributed by atoms with Crippen LogP contribution in [0, 0.1) is 0 Å². The van der Waals surface area contributed by atoms with E-state index in [1.165, 1.54) is 144 Å². The van der Waals surface area contributed by atoms with Gasteiger partial charge in [0.15, 0.2) is 5.82 Å². The molecule has 0 aliphatic rings. The van der Waals surface area contributed by atoms with Crippen molar-refractivity contribution in [3.05, 3.63) is 443 Å². The SMILES string of the molecule is c1ccc(-c2ccc(-c3cc(-c4ccccc4)nc(-n4c5c6ccccc6sc5c5sc6ccccc6c54)n3)cc2)cc1.c1ccc(-c2cccc(-c3cc(-c4ccccc4)nc(-c4ccc(-n5c6c7ccccc7sc6c6sc7ccccc7c65)cc4)n3)c2)cc1.c1ccc(-c2cccc(-c3cc(-c4ccccc4)nc(-n4c5c6ccccc6sc5c5sc6ccccc6c54)n3)c2)cc1. The number of hydrogen-bond donors (Lipinski definition) is 0. The monoisotopic (exact) mass is 1830 g/mol. The average Bonchev–Trinajstić information content (AvgIpc) is 1.55. The molecule has 12 heterocycles. The highest BCUT2D eigenvalue weighted by Gasteiger charge is 2.29. The second-order valence-corrected chi connectivity index (χ2v) is 39.8. The summed E-state index contributed by atoms with van der Waals surface area (Å²) >= 11 is 11.2. The quantitative estimate of drug-likeness (QED) is 0.114. The van der Waals surface area contributed by atoms with Gasteiger partial charge in [-0.1, -0.05) is 352 Å². The second kappa shape index (κ2) is 33.6. The van der Waals surface area contributed by atoms with E-state index in [0.717, 1.165) is 89.9 Å². The molecule has 0 atom stereocenters. The summed E-state index contributed by atoms with van der Waals surface area (Å²) in [5.74, 6) is 2.09. The standard InChI is InChI=1S/C44H27N3S2.2C38H23N3S2/c1-3-12-28(13-4-1)31-16-11-17-32(26-31)37-27-36(29-14-5-2-6-15-29)45-44(46-37)30-22-24-33(25-23-30)47-40-34-18-7-9-20-38(34)48-42(40)43-41(47)35-19-8-10-21-39(35)49-43;1-3-12-24(13-4-1)26-16-11-17-27(22-26)31-23-30(25-14-5-2-6-15-25)39-38(40-31)41-34-28-18-7-9-20-32(28)42-36(34)37-35(41)29-19-8-10-21-33(29)43-37;1-3-11-24(12-4-1)25-19-21-27(22-20-25)31-23-30(26-13-5-2-6-14-26)39-38(40-31)41-34-28-15-7-9-17-32(28)42-36(34)37-35(41)29-16-8-10-18-33(29)43-37/h1-27H;2*1-23H. The minimum Gasteiger partial charge on any atom is -0.306 e. The van der Waals surface area contributed by atoms with Gasteiger partial charge in [0, 0.05) is 105 Å². The Balaban J connectivity index is 0.000000106. The van der Waals surface area contributed by atoms with E-state index in [1.54, 1.807) is 0 Å². The first kappa shape index (κ1) is 79.8. The van der Waals surface area contributed by atoms with Crippen molar-refractivity contribution in [3.8, 4) is 130 Å². The van der Waals surface area contributed by atoms with Gasteiger partial charge < -0.3 is 4.57 Å². The van der Waals surface area contributed by atoms with Gasteiger partial charge in [-0.15, -0.1) is 68.0 Å². The van der Waals surface area contributed by atoms with Crippen LogP contribution in [0.3, 0.4) is 0 Å². The predicted molar refractivity (Wildman–Crippen MR) is 576 cm³/mol. The Bertz CT molecular complexity index is 9160. The van der Waals surface area contributed by atoms with Crippen LogP contribution in [0.15, 0.2) is 443 Å². The minimum atomic E-state index is 0.688. The molecule has 15 heteroatoms. The number of benzene rings is 16. The number of hydrogen-bond acceptors (Lipinski definition) is 12. The summed E-state index contributed by atoms with van der Waals surface area (Å²) in [4.78, 5) is 31.5. The normalized spacial score (nSPS) is 11.7. The number of thiophene rings is 6. The van der Waals surface area contributed by atoms with Crippen molar-refractivity contribution >= 4 is 190 Å². The molecule has 16 aromatic carbocycles. The van der Waals surface area contributed by atoms with Gasteiger partial charge in [0.2, 0.25) is 11.9 Å². The van der Waals surface area contributed by atoms with Crippen LogP contribution in [0.4, 0.5) is 0 Å². The maximum absolute atomic E-state index is 5.34. The molecule has 0 radical (unpaired) electrons. The molecular formula is C120H73N9S6. The Labute approximate surface area is 799 Å². The zero-order chi connectivity index (χ0) is 89.0. The van der Waals surface area contributed by atoms with E-state index >= 15 is 0 Å². The van der Waals surface area contributed by atoms with Gasteiger partial charge in [0.05, 0.1) is 95.5 Å². The first-order valence-electron chi connectivity index (χ1n) is 44.8. The molecule has 0 fully saturated rings. The molecule has 0 amide bonds. The highest BCUT2D eigenvalue weighted by molar-refractivity contribution is 7.35. The second-order valence-electron chi connectivity index (χ2n) is 33.5. The maximum Gasteiger partial charge on any atom is 0.235 e. The van der Waals surface area contributed by atoms with Crippen molar-refractivity contribution in [2.45, 2.75) is 0 Å². The van der Waals surface area contributed by atoms with Crippen LogP contribution in [0.2, 0.25) is 0 Å². The van der Waals surface area contributed by atoms with Crippen molar-refractivity contribution in [1.82, 2.24) is 43.6 Å². The van der Waals surface area contributed by atoms with Crippen LogP contribution in [-0.2, 0) is 0 Å². The van der Waals surface area contributed by atoms with E-state index in [9.17, 15) is 0 Å². The number of nitrogens with zero attached hydrogens (tertiary/aromatic N) is 9. The van der Waals surface area contributed by atoms with Gasteiger partial charge in [-0.2, -0.15) is 0 Å². The Morgan fingerprint density at radius 3 is 0.667 bits per heavy atom. The van der Waals surface area contributed by atoms with Crippen molar-refractivity contribution in [2.24, 2.45) is 0 Å². The van der Waals surface area contributed by atoms with Crippen LogP contribution >= 0.6 is 68.0 Å². The molecule has 135 heavy (non-hydrogen) atoms. The molecule has 0 aliphatic carbocycles. The topological polar surface area (TPSA) is 92.1 Å². The third-order valence-corrected chi connectivity index (χ3v) is 32.8. The molecule has 0 N–H and O–H groups in total. The Hall–Kier alpha value is -16.1. The van der Waals surface area contributed by atoms with Gasteiger partial charge in [-0.3, -0.25) is 9.13 Å². The number of aromatic nitrogens is 9. The first-order chi connectivity index (χ1) is 66.9. The van der Waals surface area contributed by atoms with Crippen molar-refractivity contribution in [3.63, 3.8) is 0 Å². The van der Waals surface area contributed by atoms with E-state index in [2.05, 4.69) is 426 Å². The van der Waals surface area contributed by atoms with Gasteiger partial charge in [-0.25, -0.2) is 29.9 Å². The van der Waals surface area contributed by atoms with Crippen LogP contribution < -0.4 is 0 Å². The fraction of sp³-hybridized carbons (Fsp3) is 0. The van der Waals surface area contributed by atoms with Gasteiger partial charge in [-0.05, 0) is 124 Å². The lowest BCUT2D eigenvalue weighted by atomic mass is 10.0. The number of rotatable bonds is 13. The van der Waals surface area contributed by atoms with Crippen LogP contribution in [0.5, 0.6) is 0 Å². The van der Waals surface area contributed by atoms with Crippen LogP contribution in [-0.4, -0.2) is 43.6 Å². The Morgan fingerprint density at radius 1 is 0.148 bits per heavy atom. The lowest BCUT2D eigenvalue weighted by Gasteiger charge is -2.12. The summed E-state index contributed by atoms with van der Waals surface area (Å²) in [5, 5.41) is 7.52. The molecular weight excluding hydrogens is 1760 g/mol. The molecule has 0 saturated heterocycles. The number of fused-ring (bicyclic) bond motifs is 21. The minimum absolute atomic E-state index is 0.688.